The molecule has 1 N–H and O–H groups in total. The van der Waals surface area contributed by atoms with Crippen molar-refractivity contribution >= 4 is 5.97 Å². The second kappa shape index (κ2) is 5.22. The molecule has 0 fully saturated rings. The van der Waals surface area contributed by atoms with E-state index in [1.54, 1.807) is 18.2 Å². The molecule has 92 valence electrons. The second-order valence-corrected chi connectivity index (χ2v) is 3.43. The highest BCUT2D eigenvalue weighted by atomic mass is 19.1. The molecule has 0 bridgehead atoms. The Labute approximate surface area is 102 Å². The number of ether oxygens (including phenoxy) is 1. The molecule has 6 heteroatoms. The molecule has 0 unspecified atom stereocenters. The fraction of sp³-hybridized carbons (Fsp3) is 0.0833. The van der Waals surface area contributed by atoms with Crippen LogP contribution >= 0.6 is 0 Å². The number of carbonyl (C=O) groups is 1. The van der Waals surface area contributed by atoms with Crippen LogP contribution in [-0.4, -0.2) is 21.0 Å². The zero-order valence-electron chi connectivity index (χ0n) is 9.21. The van der Waals surface area contributed by atoms with E-state index in [9.17, 15) is 9.18 Å². The number of carboxylic acids is 1. The lowest BCUT2D eigenvalue weighted by molar-refractivity contribution is 0.0689. The van der Waals surface area contributed by atoms with E-state index in [1.807, 2.05) is 0 Å². The summed E-state index contributed by atoms with van der Waals surface area (Å²) in [6.45, 7) is 0.00771. The Bertz CT molecular complexity index is 558. The molecule has 0 saturated carbocycles. The second-order valence-electron chi connectivity index (χ2n) is 3.43. The van der Waals surface area contributed by atoms with Crippen LogP contribution in [0.5, 0.6) is 5.88 Å². The van der Waals surface area contributed by atoms with E-state index in [2.05, 4.69) is 9.97 Å². The van der Waals surface area contributed by atoms with Crippen molar-refractivity contribution in [1.82, 2.24) is 9.97 Å². The molecular formula is C12H9FN2O3. The molecule has 5 nitrogen and oxygen atoms in total. The topological polar surface area (TPSA) is 72.3 Å². The van der Waals surface area contributed by atoms with E-state index in [0.717, 1.165) is 6.20 Å². The molecule has 0 aliphatic heterocycles. The van der Waals surface area contributed by atoms with Crippen LogP contribution in [0.3, 0.4) is 0 Å². The van der Waals surface area contributed by atoms with Gasteiger partial charge in [0, 0.05) is 5.56 Å². The highest BCUT2D eigenvalue weighted by Crippen LogP contribution is 2.11. The zero-order chi connectivity index (χ0) is 13.0. The molecule has 18 heavy (non-hydrogen) atoms. The Morgan fingerprint density at radius 1 is 1.28 bits per heavy atom. The maximum absolute atomic E-state index is 13.3. The third-order valence-electron chi connectivity index (χ3n) is 2.18. The third kappa shape index (κ3) is 2.79. The largest absolute Gasteiger partial charge is 0.476 e. The van der Waals surface area contributed by atoms with Crippen LogP contribution in [0.15, 0.2) is 36.7 Å². The molecule has 2 rings (SSSR count). The van der Waals surface area contributed by atoms with Gasteiger partial charge in [-0.05, 0) is 6.07 Å². The molecule has 0 atom stereocenters. The Balaban J connectivity index is 2.02. The van der Waals surface area contributed by atoms with E-state index in [4.69, 9.17) is 9.84 Å². The minimum atomic E-state index is -1.16. The smallest absolute Gasteiger partial charge is 0.356 e. The Kier molecular flexibility index (Phi) is 3.47. The number of halogens is 1. The van der Waals surface area contributed by atoms with Gasteiger partial charge in [0.1, 0.15) is 12.4 Å². The lowest BCUT2D eigenvalue weighted by Crippen LogP contribution is -2.04. The third-order valence-corrected chi connectivity index (χ3v) is 2.18. The van der Waals surface area contributed by atoms with Gasteiger partial charge in [0.05, 0.1) is 12.4 Å². The highest BCUT2D eigenvalue weighted by molar-refractivity contribution is 5.84. The van der Waals surface area contributed by atoms with Crippen molar-refractivity contribution in [3.05, 3.63) is 53.7 Å². The quantitative estimate of drug-likeness (QED) is 0.894. The van der Waals surface area contributed by atoms with E-state index < -0.39 is 5.97 Å². The number of aromatic carboxylic acids is 1. The number of nitrogens with zero attached hydrogens (tertiary/aromatic N) is 2. The van der Waals surface area contributed by atoms with E-state index in [-0.39, 0.29) is 24.0 Å². The van der Waals surface area contributed by atoms with Crippen molar-refractivity contribution in [3.63, 3.8) is 0 Å². The van der Waals surface area contributed by atoms with Gasteiger partial charge in [0.15, 0.2) is 5.69 Å². The average Bonchev–Trinajstić information content (AvgIpc) is 2.38. The summed E-state index contributed by atoms with van der Waals surface area (Å²) in [4.78, 5) is 17.9. The van der Waals surface area contributed by atoms with Gasteiger partial charge in [-0.25, -0.2) is 19.2 Å². The lowest BCUT2D eigenvalue weighted by Gasteiger charge is -2.05. The average molecular weight is 248 g/mol. The zero-order valence-corrected chi connectivity index (χ0v) is 9.21. The van der Waals surface area contributed by atoms with Gasteiger partial charge in [-0.1, -0.05) is 18.2 Å². The standard InChI is InChI=1S/C12H9FN2O3/c13-9-4-2-1-3-8(9)7-18-11-6-14-10(5-15-11)12(16)17/h1-6H,7H2,(H,16,17). The summed E-state index contributed by atoms with van der Waals surface area (Å²) >= 11 is 0. The lowest BCUT2D eigenvalue weighted by atomic mass is 10.2. The van der Waals surface area contributed by atoms with Crippen LogP contribution in [0.4, 0.5) is 4.39 Å². The van der Waals surface area contributed by atoms with E-state index in [1.165, 1.54) is 12.3 Å². The van der Waals surface area contributed by atoms with Crippen LogP contribution in [-0.2, 0) is 6.61 Å². The molecule has 1 aromatic carbocycles. The predicted molar refractivity (Wildman–Crippen MR) is 59.7 cm³/mol. The van der Waals surface area contributed by atoms with Gasteiger partial charge in [-0.3, -0.25) is 0 Å². The van der Waals surface area contributed by atoms with E-state index >= 15 is 0 Å². The molecule has 0 radical (unpaired) electrons. The summed E-state index contributed by atoms with van der Waals surface area (Å²) in [6.07, 6.45) is 2.27. The van der Waals surface area contributed by atoms with Crippen molar-refractivity contribution < 1.29 is 19.0 Å². The van der Waals surface area contributed by atoms with Crippen LogP contribution < -0.4 is 4.74 Å². The normalized spacial score (nSPS) is 10.1. The molecule has 1 heterocycles. The summed E-state index contributed by atoms with van der Waals surface area (Å²) in [5.74, 6) is -1.39. The summed E-state index contributed by atoms with van der Waals surface area (Å²) in [7, 11) is 0. The van der Waals surface area contributed by atoms with Crippen LogP contribution in [0.1, 0.15) is 16.1 Å². The first kappa shape index (κ1) is 12.0. The van der Waals surface area contributed by atoms with Crippen LogP contribution in [0, 0.1) is 5.82 Å². The molecular weight excluding hydrogens is 239 g/mol. The SMILES string of the molecule is O=C(O)c1cnc(OCc2ccccc2F)cn1. The number of hydrogen-bond donors (Lipinski definition) is 1. The number of aromatic nitrogens is 2. The van der Waals surface area contributed by atoms with Gasteiger partial charge in [0.2, 0.25) is 5.88 Å². The minimum Gasteiger partial charge on any atom is -0.476 e. The fourth-order valence-electron chi connectivity index (χ4n) is 1.27. The number of benzene rings is 1. The number of rotatable bonds is 4. The predicted octanol–water partition coefficient (Wildman–Crippen LogP) is 1.89. The molecule has 1 aromatic heterocycles. The van der Waals surface area contributed by atoms with E-state index in [0.29, 0.717) is 5.56 Å². The van der Waals surface area contributed by atoms with Crippen molar-refractivity contribution in [2.45, 2.75) is 6.61 Å². The van der Waals surface area contributed by atoms with Crippen molar-refractivity contribution in [2.24, 2.45) is 0 Å². The van der Waals surface area contributed by atoms with Gasteiger partial charge >= 0.3 is 5.97 Å². The Morgan fingerprint density at radius 3 is 2.67 bits per heavy atom. The monoisotopic (exact) mass is 248 g/mol. The first-order valence-corrected chi connectivity index (χ1v) is 5.08. The molecule has 0 aliphatic rings. The minimum absolute atomic E-state index is 0.00771. The Hall–Kier alpha value is -2.50. The van der Waals surface area contributed by atoms with Crippen molar-refractivity contribution in [3.8, 4) is 5.88 Å². The van der Waals surface area contributed by atoms with Gasteiger partial charge in [-0.2, -0.15) is 0 Å². The van der Waals surface area contributed by atoms with Gasteiger partial charge in [0.25, 0.3) is 0 Å². The molecule has 0 spiro atoms. The van der Waals surface area contributed by atoms with Crippen LogP contribution in [0.25, 0.3) is 0 Å². The van der Waals surface area contributed by atoms with Crippen LogP contribution in [0.2, 0.25) is 0 Å². The molecule has 0 saturated heterocycles. The summed E-state index contributed by atoms with van der Waals surface area (Å²) < 4.78 is 18.5. The number of hydrogen-bond acceptors (Lipinski definition) is 4. The van der Waals surface area contributed by atoms with Crippen molar-refractivity contribution in [2.75, 3.05) is 0 Å². The Morgan fingerprint density at radius 2 is 2.06 bits per heavy atom. The van der Waals surface area contributed by atoms with Gasteiger partial charge < -0.3 is 9.84 Å². The number of carboxylic acid groups (broad SMARTS) is 1. The maximum Gasteiger partial charge on any atom is 0.356 e. The first-order valence-electron chi connectivity index (χ1n) is 5.08. The molecule has 2 aromatic rings. The summed E-state index contributed by atoms with van der Waals surface area (Å²) in [5.41, 5.74) is 0.217. The highest BCUT2D eigenvalue weighted by Gasteiger charge is 2.06. The summed E-state index contributed by atoms with van der Waals surface area (Å²) in [5, 5.41) is 8.63. The first-order chi connectivity index (χ1) is 8.66. The summed E-state index contributed by atoms with van der Waals surface area (Å²) in [6, 6.07) is 6.20. The molecule has 0 aliphatic carbocycles. The molecule has 0 amide bonds. The van der Waals surface area contributed by atoms with Gasteiger partial charge in [-0.15, -0.1) is 0 Å². The maximum atomic E-state index is 13.3. The van der Waals surface area contributed by atoms with Crippen molar-refractivity contribution in [1.29, 1.82) is 0 Å². The fourth-order valence-corrected chi connectivity index (χ4v) is 1.27.